The fraction of sp³-hybridized carbons (Fsp3) is 0.677. The summed E-state index contributed by atoms with van der Waals surface area (Å²) < 4.78 is 8.33. The largest absolute Gasteiger partial charge is 0.444 e. The van der Waals surface area contributed by atoms with E-state index >= 15 is 0 Å². The summed E-state index contributed by atoms with van der Waals surface area (Å²) in [5.41, 5.74) is 1.76. The Hall–Kier alpha value is -2.50. The number of carbonyl (C=O) groups is 2. The Kier molecular flexibility index (Phi) is 7.96. The molecule has 2 amide bonds. The molecule has 5 unspecified atom stereocenters. The Morgan fingerprint density at radius 2 is 1.92 bits per heavy atom. The minimum absolute atomic E-state index is 0.0402. The lowest BCUT2D eigenvalue weighted by Gasteiger charge is -2.42. The molecular formula is C31H47N3O3. The van der Waals surface area contributed by atoms with Crippen LogP contribution in [0.4, 0.5) is 4.79 Å². The second kappa shape index (κ2) is 10.7. The minimum Gasteiger partial charge on any atom is -0.444 e. The molecule has 0 bridgehead atoms. The Morgan fingerprint density at radius 3 is 2.57 bits per heavy atom. The highest BCUT2D eigenvalue weighted by molar-refractivity contribution is 5.82. The molecule has 1 aliphatic heterocycles. The Bertz CT molecular complexity index is 1120. The van der Waals surface area contributed by atoms with E-state index in [0.717, 1.165) is 24.8 Å². The van der Waals surface area contributed by atoms with Crippen molar-refractivity contribution in [3.8, 4) is 0 Å². The molecule has 1 saturated heterocycles. The maximum Gasteiger partial charge on any atom is 0.410 e. The first-order valence-electron chi connectivity index (χ1n) is 14.3. The molecule has 2 aliphatic rings. The van der Waals surface area contributed by atoms with Crippen LogP contribution in [0.15, 0.2) is 30.3 Å². The van der Waals surface area contributed by atoms with Crippen LogP contribution in [0.5, 0.6) is 0 Å². The van der Waals surface area contributed by atoms with Gasteiger partial charge in [0.25, 0.3) is 0 Å². The van der Waals surface area contributed by atoms with Gasteiger partial charge in [0, 0.05) is 43.7 Å². The summed E-state index contributed by atoms with van der Waals surface area (Å²) in [6.45, 7) is 14.0. The maximum absolute atomic E-state index is 13.8. The molecule has 1 aromatic carbocycles. The predicted molar refractivity (Wildman–Crippen MR) is 150 cm³/mol. The van der Waals surface area contributed by atoms with Gasteiger partial charge in [0.15, 0.2) is 0 Å². The van der Waals surface area contributed by atoms with Gasteiger partial charge < -0.3 is 19.5 Å². The first kappa shape index (κ1) is 27.5. The summed E-state index contributed by atoms with van der Waals surface area (Å²) >= 11 is 0. The summed E-state index contributed by atoms with van der Waals surface area (Å²) in [6, 6.07) is 10.7. The van der Waals surface area contributed by atoms with Gasteiger partial charge in [0.05, 0.1) is 5.54 Å². The number of carbonyl (C=O) groups excluding carboxylic acids is 2. The Morgan fingerprint density at radius 1 is 1.19 bits per heavy atom. The van der Waals surface area contributed by atoms with Crippen molar-refractivity contribution < 1.29 is 14.3 Å². The predicted octanol–water partition coefficient (Wildman–Crippen LogP) is 6.72. The highest BCUT2D eigenvalue weighted by atomic mass is 16.6. The first-order valence-corrected chi connectivity index (χ1v) is 14.3. The van der Waals surface area contributed by atoms with Crippen LogP contribution in [0.25, 0.3) is 10.9 Å². The van der Waals surface area contributed by atoms with Crippen molar-refractivity contribution in [1.82, 2.24) is 14.8 Å². The number of piperidine rings is 1. The number of hydrogen-bond donors (Lipinski definition) is 1. The molecule has 37 heavy (non-hydrogen) atoms. The van der Waals surface area contributed by atoms with Crippen LogP contribution < -0.4 is 5.32 Å². The Balaban J connectivity index is 1.68. The highest BCUT2D eigenvalue weighted by Gasteiger charge is 2.68. The third-order valence-corrected chi connectivity index (χ3v) is 8.97. The van der Waals surface area contributed by atoms with Gasteiger partial charge in [0.2, 0.25) is 5.91 Å². The minimum atomic E-state index is -0.531. The molecule has 4 rings (SSSR count). The van der Waals surface area contributed by atoms with Crippen LogP contribution in [0.3, 0.4) is 0 Å². The van der Waals surface area contributed by atoms with Crippen LogP contribution >= 0.6 is 0 Å². The molecule has 5 atom stereocenters. The normalized spacial score (nSPS) is 26.4. The number of aromatic nitrogens is 1. The summed E-state index contributed by atoms with van der Waals surface area (Å²) in [4.78, 5) is 28.0. The topological polar surface area (TPSA) is 63.6 Å². The number of likely N-dealkylation sites (tertiary alicyclic amines) is 1. The molecule has 2 fully saturated rings. The van der Waals surface area contributed by atoms with E-state index in [2.05, 4.69) is 65.9 Å². The molecular weight excluding hydrogens is 462 g/mol. The number of nitrogens with one attached hydrogen (secondary N) is 1. The number of hydrogen-bond acceptors (Lipinski definition) is 3. The highest BCUT2D eigenvalue weighted by Crippen LogP contribution is 2.64. The molecule has 1 aromatic heterocycles. The van der Waals surface area contributed by atoms with E-state index in [4.69, 9.17) is 4.74 Å². The summed E-state index contributed by atoms with van der Waals surface area (Å²) in [5, 5.41) is 3.94. The van der Waals surface area contributed by atoms with Gasteiger partial charge in [-0.25, -0.2) is 4.79 Å². The number of benzene rings is 1. The van der Waals surface area contributed by atoms with E-state index < -0.39 is 5.60 Å². The van der Waals surface area contributed by atoms with Crippen LogP contribution in [0.2, 0.25) is 0 Å². The molecule has 6 heteroatoms. The molecule has 0 radical (unpaired) electrons. The van der Waals surface area contributed by atoms with Crippen molar-refractivity contribution in [2.45, 2.75) is 104 Å². The van der Waals surface area contributed by atoms with E-state index in [0.29, 0.717) is 37.3 Å². The van der Waals surface area contributed by atoms with Gasteiger partial charge in [-0.1, -0.05) is 51.8 Å². The number of fused-ring (bicyclic) bond motifs is 1. The molecule has 6 nitrogen and oxygen atoms in total. The van der Waals surface area contributed by atoms with E-state index in [1.165, 1.54) is 23.9 Å². The number of para-hydroxylation sites is 1. The molecule has 204 valence electrons. The zero-order valence-electron chi connectivity index (χ0n) is 24.0. The number of nitrogens with zero attached hydrogens (tertiary/aromatic N) is 2. The number of aryl methyl sites for hydroxylation is 1. The molecule has 1 N–H and O–H groups in total. The van der Waals surface area contributed by atoms with Crippen molar-refractivity contribution in [2.24, 2.45) is 17.8 Å². The average molecular weight is 510 g/mol. The summed E-state index contributed by atoms with van der Waals surface area (Å²) in [5.74, 6) is 1.98. The van der Waals surface area contributed by atoms with Crippen molar-refractivity contribution in [3.05, 3.63) is 36.0 Å². The van der Waals surface area contributed by atoms with Crippen molar-refractivity contribution >= 4 is 22.9 Å². The van der Waals surface area contributed by atoms with E-state index in [9.17, 15) is 9.59 Å². The lowest BCUT2D eigenvalue weighted by atomic mass is 9.85. The van der Waals surface area contributed by atoms with Gasteiger partial charge in [-0.2, -0.15) is 0 Å². The number of amides is 2. The molecule has 1 spiro atoms. The second-order valence-corrected chi connectivity index (χ2v) is 12.4. The quantitative estimate of drug-likeness (QED) is 0.429. The van der Waals surface area contributed by atoms with Crippen LogP contribution in [0, 0.1) is 17.8 Å². The maximum atomic E-state index is 13.8. The van der Waals surface area contributed by atoms with Gasteiger partial charge >= 0.3 is 6.09 Å². The smallest absolute Gasteiger partial charge is 0.410 e. The first-order chi connectivity index (χ1) is 17.6. The summed E-state index contributed by atoms with van der Waals surface area (Å²) in [7, 11) is 1.69. The fourth-order valence-corrected chi connectivity index (χ4v) is 6.95. The van der Waals surface area contributed by atoms with Gasteiger partial charge in [-0.05, 0) is 75.3 Å². The van der Waals surface area contributed by atoms with Crippen molar-refractivity contribution in [1.29, 1.82) is 0 Å². The van der Waals surface area contributed by atoms with Gasteiger partial charge in [-0.3, -0.25) is 4.79 Å². The SMILES string of the molecule is CCC(C)CC1C(CC)C12CCC(c1cc3ccccc3n1CCC(=O)NC)CN2C(=O)OC(C)(C)C. The lowest BCUT2D eigenvalue weighted by molar-refractivity contribution is -0.120. The van der Waals surface area contributed by atoms with E-state index in [1.54, 1.807) is 7.05 Å². The van der Waals surface area contributed by atoms with Gasteiger partial charge in [0.1, 0.15) is 5.60 Å². The van der Waals surface area contributed by atoms with Crippen LogP contribution in [-0.2, 0) is 16.1 Å². The van der Waals surface area contributed by atoms with Crippen LogP contribution in [0.1, 0.15) is 91.7 Å². The zero-order valence-corrected chi connectivity index (χ0v) is 24.0. The molecule has 1 saturated carbocycles. The van der Waals surface area contributed by atoms with E-state index in [-0.39, 0.29) is 23.5 Å². The third kappa shape index (κ3) is 5.39. The molecule has 2 aromatic rings. The van der Waals surface area contributed by atoms with Crippen molar-refractivity contribution in [3.63, 3.8) is 0 Å². The second-order valence-electron chi connectivity index (χ2n) is 12.4. The molecule has 2 heterocycles. The van der Waals surface area contributed by atoms with Crippen LogP contribution in [-0.4, -0.2) is 46.2 Å². The van der Waals surface area contributed by atoms with E-state index in [1.807, 2.05) is 20.8 Å². The monoisotopic (exact) mass is 509 g/mol. The number of rotatable bonds is 8. The van der Waals surface area contributed by atoms with Crippen molar-refractivity contribution in [2.75, 3.05) is 13.6 Å². The summed E-state index contributed by atoms with van der Waals surface area (Å²) in [6.07, 6.45) is 5.75. The number of ether oxygens (including phenoxy) is 1. The third-order valence-electron chi connectivity index (χ3n) is 8.97. The lowest BCUT2D eigenvalue weighted by Crippen LogP contribution is -2.52. The standard InChI is InChI=1S/C31H47N3O3/c1-8-21(3)18-25-24(9-2)31(25)16-14-23(20-34(31)29(36)37-30(4,5)6)27-19-22-12-10-11-13-26(22)33(27)17-15-28(35)32-7/h10-13,19,21,23-25H,8-9,14-18,20H2,1-7H3,(H,32,35). The van der Waals surface area contributed by atoms with Gasteiger partial charge in [-0.15, -0.1) is 0 Å². The molecule has 1 aliphatic carbocycles. The Labute approximate surface area is 223 Å². The average Bonchev–Trinajstić information content (AvgIpc) is 3.27. The fourth-order valence-electron chi connectivity index (χ4n) is 6.95. The zero-order chi connectivity index (χ0) is 27.0.